The van der Waals surface area contributed by atoms with Crippen LogP contribution in [0.25, 0.3) is 0 Å². The van der Waals surface area contributed by atoms with Crippen molar-refractivity contribution in [2.24, 2.45) is 5.92 Å². The monoisotopic (exact) mass is 471 g/mol. The largest absolute Gasteiger partial charge is 0.324 e. The van der Waals surface area contributed by atoms with Crippen molar-refractivity contribution in [3.05, 3.63) is 106 Å². The minimum absolute atomic E-state index is 0.0167. The number of nitrogens with zero attached hydrogens (tertiary/aromatic N) is 2. The number of amides is 1. The van der Waals surface area contributed by atoms with Gasteiger partial charge in [-0.3, -0.25) is 24.6 Å². The Morgan fingerprint density at radius 1 is 1.06 bits per heavy atom. The van der Waals surface area contributed by atoms with E-state index in [9.17, 15) is 19.7 Å². The smallest absolute Gasteiger partial charge is 0.270 e. The fourth-order valence-electron chi connectivity index (χ4n) is 6.03. The molecule has 6 rings (SSSR count). The van der Waals surface area contributed by atoms with E-state index >= 15 is 0 Å². The highest BCUT2D eigenvalue weighted by Gasteiger charge is 2.69. The lowest BCUT2D eigenvalue weighted by Gasteiger charge is -2.36. The number of nitrogens with one attached hydrogen (secondary N) is 1. The van der Waals surface area contributed by atoms with Crippen LogP contribution in [0, 0.1) is 16.0 Å². The molecule has 0 unspecified atom stereocenters. The molecule has 0 radical (unpaired) electrons. The second-order valence-electron chi connectivity index (χ2n) is 8.89. The van der Waals surface area contributed by atoms with Crippen LogP contribution in [0.15, 0.2) is 78.9 Å². The van der Waals surface area contributed by atoms with Crippen LogP contribution in [0.3, 0.4) is 0 Å². The van der Waals surface area contributed by atoms with Crippen LogP contribution < -0.4 is 5.32 Å². The first-order valence-electron chi connectivity index (χ1n) is 11.1. The van der Waals surface area contributed by atoms with Gasteiger partial charge in [0.15, 0.2) is 5.78 Å². The number of hydrogen-bond donors (Lipinski definition) is 1. The number of para-hydroxylation sites is 1. The summed E-state index contributed by atoms with van der Waals surface area (Å²) in [6.45, 7) is 0. The van der Waals surface area contributed by atoms with Crippen molar-refractivity contribution in [3.8, 4) is 0 Å². The second-order valence-corrected chi connectivity index (χ2v) is 9.89. The number of nitro groups is 1. The molecule has 2 saturated heterocycles. The number of ketones is 1. The third-order valence-corrected chi connectivity index (χ3v) is 8.37. The summed E-state index contributed by atoms with van der Waals surface area (Å²) in [5.41, 5.74) is 1.46. The third kappa shape index (κ3) is 2.82. The molecule has 2 fully saturated rings. The summed E-state index contributed by atoms with van der Waals surface area (Å²) >= 11 is 1.76. The Morgan fingerprint density at radius 3 is 2.62 bits per heavy atom. The molecule has 8 heteroatoms. The Kier molecular flexibility index (Phi) is 4.82. The van der Waals surface area contributed by atoms with Gasteiger partial charge in [0.2, 0.25) is 5.91 Å². The fourth-order valence-corrected chi connectivity index (χ4v) is 7.36. The van der Waals surface area contributed by atoms with Crippen molar-refractivity contribution in [1.82, 2.24) is 4.90 Å². The maximum Gasteiger partial charge on any atom is 0.270 e. The number of non-ortho nitro benzene ring substituents is 1. The number of nitro benzene ring substituents is 1. The minimum Gasteiger partial charge on any atom is -0.324 e. The van der Waals surface area contributed by atoms with Gasteiger partial charge < -0.3 is 5.32 Å². The van der Waals surface area contributed by atoms with Gasteiger partial charge in [0.25, 0.3) is 5.69 Å². The lowest BCUT2D eigenvalue weighted by molar-refractivity contribution is -0.384. The Hall–Kier alpha value is -3.49. The Bertz CT molecular complexity index is 1330. The number of carbonyl (C=O) groups is 2. The summed E-state index contributed by atoms with van der Waals surface area (Å²) in [4.78, 5) is 41.3. The number of thioether (sulfide) groups is 1. The maximum atomic E-state index is 14.3. The van der Waals surface area contributed by atoms with Crippen molar-refractivity contribution in [2.45, 2.75) is 17.5 Å². The standard InChI is InChI=1S/C26H21N3O4S/c30-24(17-9-6-10-18(13-17)29(32)33)23-22(16-7-2-1-3-8-16)21-14-34-15-28(21)26(23)19-11-4-5-12-20(19)27-25(26)31/h1-13,21-23H,14-15H2,(H,27,31)/t21-,22+,23+,26-/m1/s1. The van der Waals surface area contributed by atoms with Gasteiger partial charge in [-0.05, 0) is 11.6 Å². The molecule has 0 aromatic heterocycles. The Balaban J connectivity index is 1.60. The van der Waals surface area contributed by atoms with E-state index < -0.39 is 16.4 Å². The van der Waals surface area contributed by atoms with Crippen LogP contribution >= 0.6 is 11.8 Å². The number of anilines is 1. The molecule has 34 heavy (non-hydrogen) atoms. The predicted molar refractivity (Wildman–Crippen MR) is 130 cm³/mol. The molecule has 3 aliphatic heterocycles. The zero-order valence-corrected chi connectivity index (χ0v) is 18.9. The van der Waals surface area contributed by atoms with E-state index in [4.69, 9.17) is 0 Å². The number of fused-ring (bicyclic) bond motifs is 4. The number of benzene rings is 3. The van der Waals surface area contributed by atoms with Gasteiger partial charge in [0.1, 0.15) is 5.54 Å². The van der Waals surface area contributed by atoms with Crippen molar-refractivity contribution >= 4 is 34.8 Å². The normalized spacial score (nSPS) is 27.4. The highest BCUT2D eigenvalue weighted by Crippen LogP contribution is 2.61. The molecule has 3 aliphatic rings. The molecule has 1 spiro atoms. The second kappa shape index (κ2) is 7.78. The van der Waals surface area contributed by atoms with Gasteiger partial charge in [-0.15, -0.1) is 11.8 Å². The molecule has 3 aromatic carbocycles. The van der Waals surface area contributed by atoms with Gasteiger partial charge >= 0.3 is 0 Å². The van der Waals surface area contributed by atoms with E-state index in [-0.39, 0.29) is 34.9 Å². The highest BCUT2D eigenvalue weighted by atomic mass is 32.2. The van der Waals surface area contributed by atoms with Crippen molar-refractivity contribution in [2.75, 3.05) is 16.9 Å². The molecule has 0 saturated carbocycles. The summed E-state index contributed by atoms with van der Waals surface area (Å²) in [7, 11) is 0. The summed E-state index contributed by atoms with van der Waals surface area (Å²) < 4.78 is 0. The molecule has 1 N–H and O–H groups in total. The fraction of sp³-hybridized carbons (Fsp3) is 0.231. The topological polar surface area (TPSA) is 92.5 Å². The lowest BCUT2D eigenvalue weighted by atomic mass is 9.69. The summed E-state index contributed by atoms with van der Waals surface area (Å²) in [5, 5.41) is 14.5. The third-order valence-electron chi connectivity index (χ3n) is 7.34. The first-order chi connectivity index (χ1) is 16.5. The summed E-state index contributed by atoms with van der Waals surface area (Å²) in [6, 6.07) is 23.2. The first kappa shape index (κ1) is 21.1. The lowest BCUT2D eigenvalue weighted by Crippen LogP contribution is -2.52. The summed E-state index contributed by atoms with van der Waals surface area (Å²) in [6.07, 6.45) is 0. The van der Waals surface area contributed by atoms with Gasteiger partial charge in [-0.2, -0.15) is 0 Å². The van der Waals surface area contributed by atoms with Crippen LogP contribution in [0.5, 0.6) is 0 Å². The Morgan fingerprint density at radius 2 is 1.82 bits per heavy atom. The van der Waals surface area contributed by atoms with Crippen LogP contribution in [0.1, 0.15) is 27.4 Å². The zero-order chi connectivity index (χ0) is 23.4. The number of rotatable bonds is 4. The van der Waals surface area contributed by atoms with Crippen molar-refractivity contribution in [1.29, 1.82) is 0 Å². The minimum atomic E-state index is -1.17. The Labute approximate surface area is 200 Å². The van der Waals surface area contributed by atoms with E-state index in [1.54, 1.807) is 17.8 Å². The van der Waals surface area contributed by atoms with E-state index in [0.29, 0.717) is 11.6 Å². The zero-order valence-electron chi connectivity index (χ0n) is 18.1. The molecule has 170 valence electrons. The number of carbonyl (C=O) groups excluding carboxylic acids is 2. The molecule has 7 nitrogen and oxygen atoms in total. The number of hydrogen-bond acceptors (Lipinski definition) is 6. The van der Waals surface area contributed by atoms with Gasteiger partial charge in [-0.25, -0.2) is 0 Å². The molecule has 4 atom stereocenters. The van der Waals surface area contributed by atoms with E-state index in [1.807, 2.05) is 54.6 Å². The van der Waals surface area contributed by atoms with Gasteiger partial charge in [-0.1, -0.05) is 60.7 Å². The predicted octanol–water partition coefficient (Wildman–Crippen LogP) is 4.41. The first-order valence-corrected chi connectivity index (χ1v) is 12.3. The molecule has 0 aliphatic carbocycles. The highest BCUT2D eigenvalue weighted by molar-refractivity contribution is 7.99. The molecule has 3 aromatic rings. The SMILES string of the molecule is O=C(c1cccc([N+](=O)[O-])c1)[C@@H]1[C@@H](c2ccccc2)[C@H]2CSCN2[C@@]12C(=O)Nc1ccccc12. The maximum absolute atomic E-state index is 14.3. The van der Waals surface area contributed by atoms with Crippen molar-refractivity contribution in [3.63, 3.8) is 0 Å². The molecular weight excluding hydrogens is 450 g/mol. The van der Waals surface area contributed by atoms with Gasteiger partial charge in [0, 0.05) is 52.5 Å². The van der Waals surface area contributed by atoms with Crippen LogP contribution in [-0.4, -0.2) is 39.2 Å². The molecular formula is C26H21N3O4S. The molecule has 3 heterocycles. The van der Waals surface area contributed by atoms with E-state index in [1.165, 1.54) is 18.2 Å². The summed E-state index contributed by atoms with van der Waals surface area (Å²) in [5.74, 6) is 0.0165. The van der Waals surface area contributed by atoms with Crippen molar-refractivity contribution < 1.29 is 14.5 Å². The van der Waals surface area contributed by atoms with Gasteiger partial charge in [0.05, 0.1) is 10.8 Å². The molecule has 1 amide bonds. The quantitative estimate of drug-likeness (QED) is 0.344. The van der Waals surface area contributed by atoms with E-state index in [2.05, 4.69) is 10.2 Å². The van der Waals surface area contributed by atoms with Crippen LogP contribution in [-0.2, 0) is 10.3 Å². The van der Waals surface area contributed by atoms with Crippen LogP contribution in [0.2, 0.25) is 0 Å². The average Bonchev–Trinajstić information content (AvgIpc) is 3.52. The number of Topliss-reactive ketones (excluding diaryl/α,β-unsaturated/α-hetero) is 1. The molecule has 0 bridgehead atoms. The van der Waals surface area contributed by atoms with E-state index in [0.717, 1.165) is 16.9 Å². The average molecular weight is 472 g/mol. The van der Waals surface area contributed by atoms with Crippen LogP contribution in [0.4, 0.5) is 11.4 Å².